The quantitative estimate of drug-likeness (QED) is 0.869. The van der Waals surface area contributed by atoms with Crippen LogP contribution in [0.5, 0.6) is 5.88 Å². The summed E-state index contributed by atoms with van der Waals surface area (Å²) in [4.78, 5) is 7.48. The lowest BCUT2D eigenvalue weighted by Gasteiger charge is -2.10. The van der Waals surface area contributed by atoms with Gasteiger partial charge >= 0.3 is 0 Å². The van der Waals surface area contributed by atoms with Gasteiger partial charge in [0.1, 0.15) is 15.7 Å². The smallest absolute Gasteiger partial charge is 0.263 e. The molecule has 2 aromatic heterocycles. The first kappa shape index (κ1) is 14.8. The Hall–Kier alpha value is -1.57. The third kappa shape index (κ3) is 3.12. The average Bonchev–Trinajstić information content (AvgIpc) is 2.42. The van der Waals surface area contributed by atoms with Gasteiger partial charge in [-0.3, -0.25) is 4.72 Å². The topological polar surface area (TPSA) is 81.2 Å². The van der Waals surface area contributed by atoms with E-state index in [1.165, 1.54) is 25.4 Å². The molecule has 0 saturated heterocycles. The Labute approximate surface area is 125 Å². The summed E-state index contributed by atoms with van der Waals surface area (Å²) in [6.45, 7) is 0. The summed E-state index contributed by atoms with van der Waals surface area (Å²) in [6, 6.07) is 4.31. The first-order valence-electron chi connectivity index (χ1n) is 5.27. The molecule has 2 aromatic rings. The standard InChI is InChI=1S/C11H9Cl2N3O3S/c1-19-11-9(3-2-4-14-11)16-20(17,18)7-5-8(12)10(13)15-6-7/h2-6,16H,1H3. The second-order valence-corrected chi connectivity index (χ2v) is 6.06. The van der Waals surface area contributed by atoms with Crippen LogP contribution in [0, 0.1) is 0 Å². The molecular weight excluding hydrogens is 325 g/mol. The van der Waals surface area contributed by atoms with Crippen LogP contribution in [0.2, 0.25) is 10.2 Å². The van der Waals surface area contributed by atoms with E-state index in [0.29, 0.717) is 0 Å². The van der Waals surface area contributed by atoms with Gasteiger partial charge in [-0.2, -0.15) is 0 Å². The van der Waals surface area contributed by atoms with Crippen molar-refractivity contribution in [1.82, 2.24) is 9.97 Å². The maximum absolute atomic E-state index is 12.2. The van der Waals surface area contributed by atoms with Crippen LogP contribution in [0.15, 0.2) is 35.5 Å². The third-order valence-electron chi connectivity index (χ3n) is 2.29. The third-order valence-corrected chi connectivity index (χ3v) is 4.31. The summed E-state index contributed by atoms with van der Waals surface area (Å²) in [5.41, 5.74) is 0.209. The van der Waals surface area contributed by atoms with Crippen molar-refractivity contribution < 1.29 is 13.2 Å². The molecule has 0 spiro atoms. The van der Waals surface area contributed by atoms with Crippen molar-refractivity contribution in [2.75, 3.05) is 11.8 Å². The van der Waals surface area contributed by atoms with Crippen molar-refractivity contribution in [2.45, 2.75) is 4.90 Å². The Kier molecular flexibility index (Phi) is 4.32. The number of anilines is 1. The minimum Gasteiger partial charge on any atom is -0.480 e. The first-order chi connectivity index (χ1) is 9.44. The fourth-order valence-electron chi connectivity index (χ4n) is 1.39. The number of pyridine rings is 2. The van der Waals surface area contributed by atoms with Crippen molar-refractivity contribution in [3.05, 3.63) is 40.8 Å². The van der Waals surface area contributed by atoms with Crippen LogP contribution >= 0.6 is 23.2 Å². The zero-order valence-electron chi connectivity index (χ0n) is 10.2. The Bertz CT molecular complexity index is 737. The zero-order valence-corrected chi connectivity index (χ0v) is 12.5. The number of nitrogens with zero attached hydrogens (tertiary/aromatic N) is 2. The molecule has 6 nitrogen and oxygen atoms in total. The van der Waals surface area contributed by atoms with E-state index in [4.69, 9.17) is 27.9 Å². The number of halogens is 2. The molecule has 106 valence electrons. The van der Waals surface area contributed by atoms with Crippen LogP contribution in [0.4, 0.5) is 5.69 Å². The van der Waals surface area contributed by atoms with Crippen molar-refractivity contribution in [1.29, 1.82) is 0 Å². The molecule has 2 rings (SSSR count). The monoisotopic (exact) mass is 333 g/mol. The van der Waals surface area contributed by atoms with Crippen LogP contribution in [0.1, 0.15) is 0 Å². The summed E-state index contributed by atoms with van der Waals surface area (Å²) in [5, 5.41) is 0.0808. The van der Waals surface area contributed by atoms with Gasteiger partial charge < -0.3 is 4.74 Å². The summed E-state index contributed by atoms with van der Waals surface area (Å²) in [5.74, 6) is 0.157. The second-order valence-electron chi connectivity index (χ2n) is 3.61. The van der Waals surface area contributed by atoms with Crippen molar-refractivity contribution >= 4 is 38.9 Å². The molecule has 0 saturated carbocycles. The van der Waals surface area contributed by atoms with Gasteiger partial charge in [0.2, 0.25) is 5.88 Å². The van der Waals surface area contributed by atoms with Crippen molar-refractivity contribution in [2.24, 2.45) is 0 Å². The van der Waals surface area contributed by atoms with Crippen LogP contribution < -0.4 is 9.46 Å². The Balaban J connectivity index is 2.38. The molecular formula is C11H9Cl2N3O3S. The highest BCUT2D eigenvalue weighted by Gasteiger charge is 2.18. The number of methoxy groups -OCH3 is 1. The molecule has 20 heavy (non-hydrogen) atoms. The molecule has 2 heterocycles. The van der Waals surface area contributed by atoms with E-state index in [-0.39, 0.29) is 26.6 Å². The molecule has 0 radical (unpaired) electrons. The molecule has 1 N–H and O–H groups in total. The van der Waals surface area contributed by atoms with Crippen LogP contribution in [0.25, 0.3) is 0 Å². The van der Waals surface area contributed by atoms with E-state index < -0.39 is 10.0 Å². The predicted molar refractivity (Wildman–Crippen MR) is 75.9 cm³/mol. The molecule has 0 bridgehead atoms. The number of hydrogen-bond acceptors (Lipinski definition) is 5. The number of rotatable bonds is 4. The molecule has 9 heteroatoms. The second kappa shape index (κ2) is 5.82. The van der Waals surface area contributed by atoms with Gasteiger partial charge in [0.05, 0.1) is 12.1 Å². The van der Waals surface area contributed by atoms with Gasteiger partial charge in [0, 0.05) is 12.4 Å². The van der Waals surface area contributed by atoms with Crippen LogP contribution in [0.3, 0.4) is 0 Å². The number of hydrogen-bond donors (Lipinski definition) is 1. The first-order valence-corrected chi connectivity index (χ1v) is 7.51. The lowest BCUT2D eigenvalue weighted by Crippen LogP contribution is -2.14. The molecule has 0 amide bonds. The highest BCUT2D eigenvalue weighted by molar-refractivity contribution is 7.92. The lowest BCUT2D eigenvalue weighted by molar-refractivity contribution is 0.400. The maximum Gasteiger partial charge on any atom is 0.263 e. The molecule has 0 fully saturated rings. The van der Waals surface area contributed by atoms with Crippen LogP contribution in [-0.2, 0) is 10.0 Å². The SMILES string of the molecule is COc1ncccc1NS(=O)(=O)c1cnc(Cl)c(Cl)c1. The molecule has 0 aliphatic heterocycles. The average molecular weight is 334 g/mol. The predicted octanol–water partition coefficient (Wildman–Crippen LogP) is 2.59. The lowest BCUT2D eigenvalue weighted by atomic mass is 10.4. The largest absolute Gasteiger partial charge is 0.480 e. The van der Waals surface area contributed by atoms with E-state index in [0.717, 1.165) is 6.20 Å². The Morgan fingerprint density at radius 3 is 2.70 bits per heavy atom. The summed E-state index contributed by atoms with van der Waals surface area (Å²) >= 11 is 11.4. The summed E-state index contributed by atoms with van der Waals surface area (Å²) < 4.78 is 31.7. The van der Waals surface area contributed by atoms with Gasteiger partial charge in [0.25, 0.3) is 10.0 Å². The van der Waals surface area contributed by atoms with Gasteiger partial charge in [0.15, 0.2) is 0 Å². The molecule has 0 atom stereocenters. The number of ether oxygens (including phenoxy) is 1. The molecule has 0 unspecified atom stereocenters. The van der Waals surface area contributed by atoms with E-state index in [2.05, 4.69) is 14.7 Å². The molecule has 0 aliphatic carbocycles. The normalized spacial score (nSPS) is 11.2. The summed E-state index contributed by atoms with van der Waals surface area (Å²) in [6.07, 6.45) is 2.59. The van der Waals surface area contributed by atoms with Gasteiger partial charge in [-0.25, -0.2) is 18.4 Å². The molecule has 0 aromatic carbocycles. The highest BCUT2D eigenvalue weighted by Crippen LogP contribution is 2.26. The van der Waals surface area contributed by atoms with Gasteiger partial charge in [-0.15, -0.1) is 0 Å². The van der Waals surface area contributed by atoms with E-state index in [1.54, 1.807) is 6.07 Å². The Morgan fingerprint density at radius 2 is 2.05 bits per heavy atom. The van der Waals surface area contributed by atoms with Gasteiger partial charge in [-0.1, -0.05) is 23.2 Å². The fraction of sp³-hybridized carbons (Fsp3) is 0.0909. The van der Waals surface area contributed by atoms with E-state index in [1.807, 2.05) is 0 Å². The van der Waals surface area contributed by atoms with Crippen molar-refractivity contribution in [3.63, 3.8) is 0 Å². The number of aromatic nitrogens is 2. The van der Waals surface area contributed by atoms with Gasteiger partial charge in [-0.05, 0) is 18.2 Å². The van der Waals surface area contributed by atoms with E-state index >= 15 is 0 Å². The zero-order chi connectivity index (χ0) is 14.8. The number of nitrogens with one attached hydrogen (secondary N) is 1. The number of sulfonamides is 1. The summed E-state index contributed by atoms with van der Waals surface area (Å²) in [7, 11) is -2.47. The highest BCUT2D eigenvalue weighted by atomic mass is 35.5. The maximum atomic E-state index is 12.2. The molecule has 0 aliphatic rings. The fourth-order valence-corrected chi connectivity index (χ4v) is 2.75. The van der Waals surface area contributed by atoms with E-state index in [9.17, 15) is 8.42 Å². The minimum absolute atomic E-state index is 0.0320. The van der Waals surface area contributed by atoms with Crippen molar-refractivity contribution in [3.8, 4) is 5.88 Å². The Morgan fingerprint density at radius 1 is 1.30 bits per heavy atom. The minimum atomic E-state index is -3.86. The van der Waals surface area contributed by atoms with Crippen LogP contribution in [-0.4, -0.2) is 25.5 Å².